The van der Waals surface area contributed by atoms with E-state index < -0.39 is 0 Å². The summed E-state index contributed by atoms with van der Waals surface area (Å²) in [7, 11) is 0. The summed E-state index contributed by atoms with van der Waals surface area (Å²) in [4.78, 5) is 20.3. The fraction of sp³-hybridized carbons (Fsp3) is 0.200. The molecule has 1 fully saturated rings. The molecule has 0 atom stereocenters. The highest BCUT2D eigenvalue weighted by Gasteiger charge is 2.34. The first kappa shape index (κ1) is 16.9. The van der Waals surface area contributed by atoms with Crippen molar-refractivity contribution in [1.82, 2.24) is 24.9 Å². The fourth-order valence-electron chi connectivity index (χ4n) is 3.15. The Morgan fingerprint density at radius 2 is 1.96 bits per heavy atom. The first-order chi connectivity index (χ1) is 13.7. The van der Waals surface area contributed by atoms with Crippen LogP contribution in [0.15, 0.2) is 54.7 Å². The quantitative estimate of drug-likeness (QED) is 0.535. The number of nitrogens with zero attached hydrogens (tertiary/aromatic N) is 5. The standard InChI is InChI=1S/C20H17N5O2S/c1-13-6-5-9-17-18(13)22-20(28-17)27-15-11-24(12-15)19(26)16-10-21-25(23-16)14-7-3-2-4-8-14/h2-10,15H,11-12H2,1H3. The molecule has 28 heavy (non-hydrogen) atoms. The number of aromatic nitrogens is 4. The summed E-state index contributed by atoms with van der Waals surface area (Å²) in [6.07, 6.45) is 1.45. The smallest absolute Gasteiger partial charge is 0.276 e. The van der Waals surface area contributed by atoms with Crippen LogP contribution in [0, 0.1) is 6.92 Å². The van der Waals surface area contributed by atoms with Gasteiger partial charge < -0.3 is 9.64 Å². The van der Waals surface area contributed by atoms with Crippen molar-refractivity contribution in [2.75, 3.05) is 13.1 Å². The normalized spacial score (nSPS) is 14.2. The maximum atomic E-state index is 12.6. The minimum Gasteiger partial charge on any atom is -0.463 e. The fourth-order valence-corrected chi connectivity index (χ4v) is 4.11. The van der Waals surface area contributed by atoms with Gasteiger partial charge in [-0.25, -0.2) is 4.98 Å². The molecule has 0 unspecified atom stereocenters. The van der Waals surface area contributed by atoms with Crippen LogP contribution in [-0.2, 0) is 0 Å². The van der Waals surface area contributed by atoms with Crippen LogP contribution in [0.4, 0.5) is 0 Å². The lowest BCUT2D eigenvalue weighted by Gasteiger charge is -2.37. The van der Waals surface area contributed by atoms with Gasteiger partial charge in [0, 0.05) is 0 Å². The average molecular weight is 391 g/mol. The topological polar surface area (TPSA) is 73.1 Å². The Bertz CT molecular complexity index is 1150. The van der Waals surface area contributed by atoms with Gasteiger partial charge in [0.25, 0.3) is 11.1 Å². The summed E-state index contributed by atoms with van der Waals surface area (Å²) >= 11 is 1.53. The first-order valence-corrected chi connectivity index (χ1v) is 9.79. The van der Waals surface area contributed by atoms with Gasteiger partial charge in [0.05, 0.1) is 35.2 Å². The molecule has 0 spiro atoms. The molecule has 0 N–H and O–H groups in total. The van der Waals surface area contributed by atoms with E-state index in [0.717, 1.165) is 21.5 Å². The van der Waals surface area contributed by atoms with Gasteiger partial charge in [-0.2, -0.15) is 9.90 Å². The molecule has 8 heteroatoms. The second kappa shape index (κ2) is 6.72. The molecule has 0 saturated carbocycles. The maximum Gasteiger partial charge on any atom is 0.276 e. The SMILES string of the molecule is Cc1cccc2sc(OC3CN(C(=O)c4cnn(-c5ccccc5)n4)C3)nc12. The Hall–Kier alpha value is -3.26. The van der Waals surface area contributed by atoms with Crippen LogP contribution in [0.5, 0.6) is 5.19 Å². The van der Waals surface area contributed by atoms with Crippen molar-refractivity contribution in [3.8, 4) is 10.9 Å². The van der Waals surface area contributed by atoms with E-state index in [4.69, 9.17) is 4.74 Å². The van der Waals surface area contributed by atoms with E-state index in [1.165, 1.54) is 22.3 Å². The van der Waals surface area contributed by atoms with E-state index in [9.17, 15) is 4.79 Å². The summed E-state index contributed by atoms with van der Waals surface area (Å²) in [5.41, 5.74) is 3.26. The van der Waals surface area contributed by atoms with E-state index in [1.54, 1.807) is 4.90 Å². The lowest BCUT2D eigenvalue weighted by molar-refractivity contribution is 0.0173. The van der Waals surface area contributed by atoms with Gasteiger partial charge in [0.1, 0.15) is 6.10 Å². The van der Waals surface area contributed by atoms with Gasteiger partial charge in [-0.05, 0) is 30.7 Å². The number of amides is 1. The molecule has 0 aliphatic carbocycles. The Labute approximate surface area is 165 Å². The minimum atomic E-state index is -0.137. The van der Waals surface area contributed by atoms with Gasteiger partial charge in [-0.3, -0.25) is 4.79 Å². The Kier molecular flexibility index (Phi) is 4.05. The molecule has 1 amide bonds. The molecular formula is C20H17N5O2S. The van der Waals surface area contributed by atoms with Crippen molar-refractivity contribution < 1.29 is 9.53 Å². The second-order valence-corrected chi connectivity index (χ2v) is 7.70. The van der Waals surface area contributed by atoms with E-state index in [1.807, 2.05) is 55.5 Å². The Morgan fingerprint density at radius 1 is 1.14 bits per heavy atom. The molecule has 1 aliphatic rings. The Balaban J connectivity index is 1.22. The van der Waals surface area contributed by atoms with Gasteiger partial charge >= 0.3 is 0 Å². The van der Waals surface area contributed by atoms with Gasteiger partial charge in [0.15, 0.2) is 5.69 Å². The van der Waals surface area contributed by atoms with Crippen molar-refractivity contribution >= 4 is 27.5 Å². The predicted octanol–water partition coefficient (Wildman–Crippen LogP) is 3.09. The number of fused-ring (bicyclic) bond motifs is 1. The molecule has 3 heterocycles. The number of aryl methyl sites for hydroxylation is 1. The highest BCUT2D eigenvalue weighted by atomic mass is 32.1. The minimum absolute atomic E-state index is 0.0472. The number of hydrogen-bond donors (Lipinski definition) is 0. The first-order valence-electron chi connectivity index (χ1n) is 8.97. The van der Waals surface area contributed by atoms with Crippen molar-refractivity contribution in [2.45, 2.75) is 13.0 Å². The highest BCUT2D eigenvalue weighted by Crippen LogP contribution is 2.31. The van der Waals surface area contributed by atoms with E-state index in [0.29, 0.717) is 24.0 Å². The molecule has 2 aromatic carbocycles. The van der Waals surface area contributed by atoms with E-state index in [2.05, 4.69) is 15.2 Å². The number of benzene rings is 2. The number of hydrogen-bond acceptors (Lipinski definition) is 6. The number of carbonyl (C=O) groups is 1. The number of likely N-dealkylation sites (tertiary alicyclic amines) is 1. The molecule has 1 aliphatic heterocycles. The van der Waals surface area contributed by atoms with Crippen LogP contribution >= 0.6 is 11.3 Å². The summed E-state index contributed by atoms with van der Waals surface area (Å²) < 4.78 is 7.06. The van der Waals surface area contributed by atoms with Crippen LogP contribution < -0.4 is 4.74 Å². The van der Waals surface area contributed by atoms with Crippen LogP contribution in [0.25, 0.3) is 15.9 Å². The molecule has 0 radical (unpaired) electrons. The van der Waals surface area contributed by atoms with Crippen LogP contribution in [0.3, 0.4) is 0 Å². The zero-order valence-corrected chi connectivity index (χ0v) is 16.0. The molecule has 4 aromatic rings. The van der Waals surface area contributed by atoms with Crippen molar-refractivity contribution in [2.24, 2.45) is 0 Å². The molecule has 140 valence electrons. The Morgan fingerprint density at radius 3 is 2.75 bits per heavy atom. The molecule has 0 bridgehead atoms. The summed E-state index contributed by atoms with van der Waals surface area (Å²) in [5, 5.41) is 9.13. The number of carbonyl (C=O) groups excluding carboxylic acids is 1. The van der Waals surface area contributed by atoms with Gasteiger partial charge in [-0.1, -0.05) is 41.7 Å². The zero-order chi connectivity index (χ0) is 19.1. The third kappa shape index (κ3) is 3.01. The third-order valence-corrected chi connectivity index (χ3v) is 5.61. The molecule has 7 nitrogen and oxygen atoms in total. The molecule has 1 saturated heterocycles. The predicted molar refractivity (Wildman–Crippen MR) is 106 cm³/mol. The maximum absolute atomic E-state index is 12.6. The van der Waals surface area contributed by atoms with Crippen LogP contribution in [-0.4, -0.2) is 50.0 Å². The number of thiazole rings is 1. The van der Waals surface area contributed by atoms with Crippen LogP contribution in [0.2, 0.25) is 0 Å². The van der Waals surface area contributed by atoms with E-state index in [-0.39, 0.29) is 12.0 Å². The zero-order valence-electron chi connectivity index (χ0n) is 15.1. The number of para-hydroxylation sites is 2. The van der Waals surface area contributed by atoms with Gasteiger partial charge in [0.2, 0.25) is 0 Å². The number of ether oxygens (including phenoxy) is 1. The van der Waals surface area contributed by atoms with Crippen molar-refractivity contribution in [3.05, 3.63) is 66.0 Å². The van der Waals surface area contributed by atoms with Crippen molar-refractivity contribution in [3.63, 3.8) is 0 Å². The van der Waals surface area contributed by atoms with Crippen molar-refractivity contribution in [1.29, 1.82) is 0 Å². The molecule has 2 aromatic heterocycles. The molecular weight excluding hydrogens is 374 g/mol. The molecule has 5 rings (SSSR count). The monoisotopic (exact) mass is 391 g/mol. The highest BCUT2D eigenvalue weighted by molar-refractivity contribution is 7.20. The lowest BCUT2D eigenvalue weighted by atomic mass is 10.1. The van der Waals surface area contributed by atoms with Gasteiger partial charge in [-0.15, -0.1) is 5.10 Å². The van der Waals surface area contributed by atoms with E-state index >= 15 is 0 Å². The lowest BCUT2D eigenvalue weighted by Crippen LogP contribution is -2.56. The average Bonchev–Trinajstić information content (AvgIpc) is 3.32. The largest absolute Gasteiger partial charge is 0.463 e. The summed E-state index contributed by atoms with van der Waals surface area (Å²) in [6.45, 7) is 3.08. The third-order valence-electron chi connectivity index (χ3n) is 4.70. The summed E-state index contributed by atoms with van der Waals surface area (Å²) in [6, 6.07) is 15.6. The summed E-state index contributed by atoms with van der Waals surface area (Å²) in [5.74, 6) is -0.137. The number of rotatable bonds is 4. The second-order valence-electron chi connectivity index (χ2n) is 6.71. The van der Waals surface area contributed by atoms with Crippen LogP contribution in [0.1, 0.15) is 16.1 Å².